The van der Waals surface area contributed by atoms with E-state index in [0.29, 0.717) is 31.1 Å². The first-order valence-corrected chi connectivity index (χ1v) is 6.80. The van der Waals surface area contributed by atoms with Crippen molar-refractivity contribution in [2.75, 3.05) is 18.4 Å². The second-order valence-corrected chi connectivity index (χ2v) is 5.23. The quantitative estimate of drug-likeness (QED) is 0.900. The van der Waals surface area contributed by atoms with Gasteiger partial charge in [-0.05, 0) is 18.5 Å². The van der Waals surface area contributed by atoms with Crippen LogP contribution in [0, 0.1) is 23.4 Å². The molecule has 1 aromatic carbocycles. The third-order valence-electron chi connectivity index (χ3n) is 3.33. The van der Waals surface area contributed by atoms with Crippen LogP contribution in [0.5, 0.6) is 0 Å². The van der Waals surface area contributed by atoms with Gasteiger partial charge in [-0.3, -0.25) is 4.79 Å². The summed E-state index contributed by atoms with van der Waals surface area (Å²) in [7, 11) is 0. The zero-order chi connectivity index (χ0) is 15.6. The lowest BCUT2D eigenvalue weighted by Gasteiger charge is -2.18. The number of halogens is 3. The Morgan fingerprint density at radius 1 is 1.29 bits per heavy atom. The fraction of sp³-hybridized carbons (Fsp3) is 0.400. The summed E-state index contributed by atoms with van der Waals surface area (Å²) in [6, 6.07) is 0.608. The van der Waals surface area contributed by atoms with Crippen LogP contribution in [0.15, 0.2) is 12.1 Å². The normalized spacial score (nSPS) is 15.0. The minimum absolute atomic E-state index is 0.267. The van der Waals surface area contributed by atoms with Crippen LogP contribution in [0.4, 0.5) is 18.9 Å². The molecule has 2 rings (SSSR count). The molecule has 1 amide bonds. The van der Waals surface area contributed by atoms with E-state index in [2.05, 4.69) is 10.6 Å². The molecule has 0 fully saturated rings. The van der Waals surface area contributed by atoms with Crippen LogP contribution in [0.3, 0.4) is 0 Å². The molecule has 3 nitrogen and oxygen atoms in total. The molecule has 0 aliphatic carbocycles. The van der Waals surface area contributed by atoms with Crippen molar-refractivity contribution in [1.82, 2.24) is 5.32 Å². The van der Waals surface area contributed by atoms with Gasteiger partial charge in [-0.1, -0.05) is 19.9 Å². The lowest BCUT2D eigenvalue weighted by Crippen LogP contribution is -2.22. The lowest BCUT2D eigenvalue weighted by atomic mass is 9.98. The average Bonchev–Trinajstić information content (AvgIpc) is 2.44. The molecule has 6 heteroatoms. The summed E-state index contributed by atoms with van der Waals surface area (Å²) in [5.74, 6) is -4.09. The fourth-order valence-electron chi connectivity index (χ4n) is 2.12. The molecule has 0 aromatic heterocycles. The number of benzene rings is 1. The Balaban J connectivity index is 2.47. The number of hydrogen-bond donors (Lipinski definition) is 2. The van der Waals surface area contributed by atoms with Crippen molar-refractivity contribution in [3.63, 3.8) is 0 Å². The van der Waals surface area contributed by atoms with Gasteiger partial charge in [-0.25, -0.2) is 13.2 Å². The van der Waals surface area contributed by atoms with Crippen molar-refractivity contribution < 1.29 is 18.0 Å². The molecule has 1 heterocycles. The van der Waals surface area contributed by atoms with Crippen molar-refractivity contribution in [2.45, 2.75) is 20.3 Å². The maximum Gasteiger partial charge on any atom is 0.227 e. The monoisotopic (exact) mass is 298 g/mol. The zero-order valence-electron chi connectivity index (χ0n) is 11.9. The predicted octanol–water partition coefficient (Wildman–Crippen LogP) is 3.08. The minimum atomic E-state index is -1.11. The molecule has 0 atom stereocenters. The van der Waals surface area contributed by atoms with Crippen LogP contribution >= 0.6 is 0 Å². The van der Waals surface area contributed by atoms with E-state index in [1.54, 1.807) is 19.9 Å². The molecule has 0 radical (unpaired) electrons. The first-order chi connectivity index (χ1) is 9.91. The van der Waals surface area contributed by atoms with Gasteiger partial charge in [0.15, 0.2) is 11.6 Å². The van der Waals surface area contributed by atoms with Gasteiger partial charge in [0.1, 0.15) is 11.5 Å². The molecular formula is C15H17F3N2O. The summed E-state index contributed by atoms with van der Waals surface area (Å²) >= 11 is 0. The first-order valence-electron chi connectivity index (χ1n) is 6.80. The van der Waals surface area contributed by atoms with Gasteiger partial charge in [0.2, 0.25) is 5.91 Å². The van der Waals surface area contributed by atoms with Crippen molar-refractivity contribution in [2.24, 2.45) is 5.92 Å². The molecule has 1 aromatic rings. The van der Waals surface area contributed by atoms with E-state index in [-0.39, 0.29) is 5.56 Å². The Morgan fingerprint density at radius 3 is 2.57 bits per heavy atom. The third-order valence-corrected chi connectivity index (χ3v) is 3.33. The standard InChI is InChI=1S/C15H17F3N2O/c1-8(2)15(21)20-14-11(17)7-10(16)12(13(14)18)9-3-5-19-6-4-9/h3,7-8,19H,4-6H2,1-2H3,(H,20,21). The Morgan fingerprint density at radius 2 is 2.00 bits per heavy atom. The van der Waals surface area contributed by atoms with Gasteiger partial charge < -0.3 is 10.6 Å². The van der Waals surface area contributed by atoms with Crippen molar-refractivity contribution in [3.05, 3.63) is 35.2 Å². The Labute approximate surface area is 121 Å². The highest BCUT2D eigenvalue weighted by atomic mass is 19.1. The Kier molecular flexibility index (Phi) is 4.67. The second kappa shape index (κ2) is 6.30. The smallest absolute Gasteiger partial charge is 0.227 e. The Bertz CT molecular complexity index is 597. The highest BCUT2D eigenvalue weighted by molar-refractivity contribution is 5.93. The number of nitrogens with one attached hydrogen (secondary N) is 2. The van der Waals surface area contributed by atoms with E-state index in [0.717, 1.165) is 0 Å². The number of amides is 1. The van der Waals surface area contributed by atoms with E-state index in [1.807, 2.05) is 0 Å². The van der Waals surface area contributed by atoms with Crippen LogP contribution in [0.1, 0.15) is 25.8 Å². The summed E-state index contributed by atoms with van der Waals surface area (Å²) in [6.07, 6.45) is 2.11. The van der Waals surface area contributed by atoms with Crippen molar-refractivity contribution in [3.8, 4) is 0 Å². The minimum Gasteiger partial charge on any atom is -0.321 e. The van der Waals surface area contributed by atoms with Crippen molar-refractivity contribution in [1.29, 1.82) is 0 Å². The van der Waals surface area contributed by atoms with Crippen LogP contribution in [0.2, 0.25) is 0 Å². The maximum absolute atomic E-state index is 14.4. The summed E-state index contributed by atoms with van der Waals surface area (Å²) in [6.45, 7) is 4.30. The van der Waals surface area contributed by atoms with Gasteiger partial charge in [0.05, 0.1) is 5.56 Å². The number of carbonyl (C=O) groups excluding carboxylic acids is 1. The molecule has 0 spiro atoms. The average molecular weight is 298 g/mol. The molecule has 0 bridgehead atoms. The van der Waals surface area contributed by atoms with Crippen LogP contribution in [-0.2, 0) is 4.79 Å². The molecule has 2 N–H and O–H groups in total. The van der Waals surface area contributed by atoms with Gasteiger partial charge in [-0.15, -0.1) is 0 Å². The summed E-state index contributed by atoms with van der Waals surface area (Å²) < 4.78 is 42.1. The number of carbonyl (C=O) groups is 1. The molecular weight excluding hydrogens is 281 g/mol. The SMILES string of the molecule is CC(C)C(=O)Nc1c(F)cc(F)c(C2=CCNCC2)c1F. The van der Waals surface area contributed by atoms with E-state index >= 15 is 0 Å². The molecule has 1 aliphatic heterocycles. The van der Waals surface area contributed by atoms with Gasteiger partial charge in [0.25, 0.3) is 0 Å². The summed E-state index contributed by atoms with van der Waals surface area (Å²) in [4.78, 5) is 11.6. The van der Waals surface area contributed by atoms with Gasteiger partial charge in [-0.2, -0.15) is 0 Å². The molecule has 1 aliphatic rings. The van der Waals surface area contributed by atoms with Crippen LogP contribution < -0.4 is 10.6 Å². The van der Waals surface area contributed by atoms with E-state index < -0.39 is 35.0 Å². The topological polar surface area (TPSA) is 41.1 Å². The maximum atomic E-state index is 14.4. The van der Waals surface area contributed by atoms with Crippen molar-refractivity contribution >= 4 is 17.2 Å². The van der Waals surface area contributed by atoms with Gasteiger partial charge >= 0.3 is 0 Å². The third kappa shape index (κ3) is 3.26. The zero-order valence-corrected chi connectivity index (χ0v) is 11.9. The van der Waals surface area contributed by atoms with Crippen LogP contribution in [0.25, 0.3) is 5.57 Å². The lowest BCUT2D eigenvalue weighted by molar-refractivity contribution is -0.118. The van der Waals surface area contributed by atoms with E-state index in [9.17, 15) is 18.0 Å². The van der Waals surface area contributed by atoms with E-state index in [1.165, 1.54) is 0 Å². The van der Waals surface area contributed by atoms with Gasteiger partial charge in [0, 0.05) is 18.5 Å². The number of hydrogen-bond acceptors (Lipinski definition) is 2. The molecule has 0 unspecified atom stereocenters. The summed E-state index contributed by atoms with van der Waals surface area (Å²) in [5.41, 5.74) is -0.384. The molecule has 0 saturated heterocycles. The highest BCUT2D eigenvalue weighted by Crippen LogP contribution is 2.32. The van der Waals surface area contributed by atoms with Crippen LogP contribution in [-0.4, -0.2) is 19.0 Å². The van der Waals surface area contributed by atoms with E-state index in [4.69, 9.17) is 0 Å². The largest absolute Gasteiger partial charge is 0.321 e. The predicted molar refractivity (Wildman–Crippen MR) is 75.2 cm³/mol. The summed E-state index contributed by atoms with van der Waals surface area (Å²) in [5, 5.41) is 5.22. The Hall–Kier alpha value is -1.82. The second-order valence-electron chi connectivity index (χ2n) is 5.23. The first kappa shape index (κ1) is 15.6. The molecule has 0 saturated carbocycles. The fourth-order valence-corrected chi connectivity index (χ4v) is 2.12. The number of anilines is 1. The number of rotatable bonds is 3. The molecule has 114 valence electrons. The molecule has 21 heavy (non-hydrogen) atoms. The highest BCUT2D eigenvalue weighted by Gasteiger charge is 2.24.